The predicted molar refractivity (Wildman–Crippen MR) is 67.9 cm³/mol. The van der Waals surface area contributed by atoms with Crippen LogP contribution in [0.25, 0.3) is 5.57 Å². The van der Waals surface area contributed by atoms with Gasteiger partial charge in [0.2, 0.25) is 0 Å². The Kier molecular flexibility index (Phi) is 4.61. The second kappa shape index (κ2) is 5.68. The molecule has 0 unspecified atom stereocenters. The average molecular weight is 306 g/mol. The number of esters is 1. The number of alkyl halides is 2. The molecular weight excluding hydrogens is 294 g/mol. The highest BCUT2D eigenvalue weighted by molar-refractivity contribution is 7.86. The van der Waals surface area contributed by atoms with E-state index in [0.717, 1.165) is 11.1 Å². The van der Waals surface area contributed by atoms with Gasteiger partial charge in [0.15, 0.2) is 0 Å². The summed E-state index contributed by atoms with van der Waals surface area (Å²) in [4.78, 5) is 11.2. The van der Waals surface area contributed by atoms with Gasteiger partial charge in [0, 0.05) is 0 Å². The summed E-state index contributed by atoms with van der Waals surface area (Å²) in [5.41, 5.74) is 1.54. The van der Waals surface area contributed by atoms with E-state index < -0.39 is 27.8 Å². The summed E-state index contributed by atoms with van der Waals surface area (Å²) >= 11 is 0. The van der Waals surface area contributed by atoms with E-state index in [1.807, 2.05) is 0 Å². The molecule has 0 amide bonds. The van der Waals surface area contributed by atoms with Crippen molar-refractivity contribution >= 4 is 21.7 Å². The van der Waals surface area contributed by atoms with Crippen LogP contribution in [0.2, 0.25) is 0 Å². The third kappa shape index (κ3) is 4.10. The van der Waals surface area contributed by atoms with Crippen molar-refractivity contribution in [3.63, 3.8) is 0 Å². The minimum Gasteiger partial charge on any atom is -0.426 e. The first kappa shape index (κ1) is 16.3. The van der Waals surface area contributed by atoms with Gasteiger partial charge >= 0.3 is 21.3 Å². The van der Waals surface area contributed by atoms with Crippen LogP contribution >= 0.6 is 0 Å². The third-order valence-electron chi connectivity index (χ3n) is 2.31. The van der Waals surface area contributed by atoms with Gasteiger partial charge in [0.1, 0.15) is 12.2 Å². The molecule has 1 aromatic rings. The predicted octanol–water partition coefficient (Wildman–Crippen LogP) is 2.50. The van der Waals surface area contributed by atoms with Crippen LogP contribution in [0.3, 0.4) is 0 Å². The van der Waals surface area contributed by atoms with Crippen molar-refractivity contribution in [1.29, 1.82) is 0 Å². The van der Waals surface area contributed by atoms with Gasteiger partial charge in [0.25, 0.3) is 0 Å². The molecule has 20 heavy (non-hydrogen) atoms. The van der Waals surface area contributed by atoms with Crippen LogP contribution in [0, 0.1) is 0 Å². The fourth-order valence-electron chi connectivity index (χ4n) is 1.23. The maximum atomic E-state index is 12.9. The molecule has 0 saturated heterocycles. The molecule has 0 bridgehead atoms. The summed E-state index contributed by atoms with van der Waals surface area (Å²) in [6, 6.07) is 5.83. The molecule has 8 heteroatoms. The molecule has 1 N–H and O–H groups in total. The largest absolute Gasteiger partial charge is 0.426 e. The fraction of sp³-hybridized carbons (Fsp3) is 0.250. The van der Waals surface area contributed by atoms with Crippen molar-refractivity contribution < 1.29 is 31.3 Å². The van der Waals surface area contributed by atoms with Gasteiger partial charge in [-0.3, -0.25) is 9.35 Å². The molecule has 0 atom stereocenters. The highest BCUT2D eigenvalue weighted by Crippen LogP contribution is 2.26. The molecular formula is C12H12F2O5S. The minimum atomic E-state index is -5.65. The molecule has 1 aromatic carbocycles. The molecule has 0 heterocycles. The first-order chi connectivity index (χ1) is 9.03. The lowest BCUT2D eigenvalue weighted by Crippen LogP contribution is -2.32. The Morgan fingerprint density at radius 2 is 1.85 bits per heavy atom. The molecule has 0 aliphatic carbocycles. The zero-order chi connectivity index (χ0) is 15.6. The van der Waals surface area contributed by atoms with Gasteiger partial charge in [-0.2, -0.15) is 17.2 Å². The van der Waals surface area contributed by atoms with Crippen LogP contribution in [0.15, 0.2) is 30.8 Å². The Morgan fingerprint density at radius 1 is 1.35 bits per heavy atom. The second-order valence-electron chi connectivity index (χ2n) is 4.07. The number of hydrogen-bond donors (Lipinski definition) is 1. The average Bonchev–Trinajstić information content (AvgIpc) is 2.27. The molecule has 0 aliphatic heterocycles. The lowest BCUT2D eigenvalue weighted by Gasteiger charge is -2.12. The summed E-state index contributed by atoms with van der Waals surface area (Å²) in [6.07, 6.45) is -1.77. The molecule has 5 nitrogen and oxygen atoms in total. The highest BCUT2D eigenvalue weighted by Gasteiger charge is 2.46. The zero-order valence-corrected chi connectivity index (χ0v) is 11.3. The summed E-state index contributed by atoms with van der Waals surface area (Å²) in [6.45, 7) is 5.45. The molecule has 0 radical (unpaired) electrons. The zero-order valence-electron chi connectivity index (χ0n) is 10.5. The normalized spacial score (nSPS) is 12.0. The van der Waals surface area contributed by atoms with Crippen LogP contribution < -0.4 is 4.74 Å². The molecule has 0 fully saturated rings. The molecule has 0 saturated carbocycles. The molecule has 0 aliphatic rings. The van der Waals surface area contributed by atoms with Gasteiger partial charge in [-0.15, -0.1) is 0 Å². The summed E-state index contributed by atoms with van der Waals surface area (Å²) in [5.74, 6) is -1.50. The van der Waals surface area contributed by atoms with E-state index in [9.17, 15) is 22.0 Å². The number of hydrogen-bond acceptors (Lipinski definition) is 4. The number of benzene rings is 1. The van der Waals surface area contributed by atoms with Crippen LogP contribution in [0.4, 0.5) is 8.78 Å². The Hall–Kier alpha value is -1.80. The van der Waals surface area contributed by atoms with Crippen molar-refractivity contribution in [3.05, 3.63) is 36.4 Å². The van der Waals surface area contributed by atoms with Crippen molar-refractivity contribution in [1.82, 2.24) is 0 Å². The monoisotopic (exact) mass is 306 g/mol. The quantitative estimate of drug-likeness (QED) is 0.513. The maximum Gasteiger partial charge on any atom is 0.380 e. The Morgan fingerprint density at radius 3 is 2.25 bits per heavy atom. The molecule has 0 spiro atoms. The molecule has 0 aromatic heterocycles. The van der Waals surface area contributed by atoms with E-state index in [4.69, 9.17) is 4.55 Å². The third-order valence-corrected chi connectivity index (χ3v) is 3.21. The summed E-state index contributed by atoms with van der Waals surface area (Å²) in [5, 5.41) is -4.58. The van der Waals surface area contributed by atoms with Gasteiger partial charge < -0.3 is 4.74 Å². The van der Waals surface area contributed by atoms with Gasteiger partial charge in [-0.25, -0.2) is 0 Å². The SMILES string of the molecule is C=C(C)c1ccc(OC(=O)CC(F)(F)S(=O)(=O)O)cc1. The minimum absolute atomic E-state index is 0.0221. The van der Waals surface area contributed by atoms with Crippen LogP contribution in [0.5, 0.6) is 5.75 Å². The summed E-state index contributed by atoms with van der Waals surface area (Å²) < 4.78 is 59.3. The number of rotatable bonds is 5. The fourth-order valence-corrected chi connectivity index (χ4v) is 1.53. The van der Waals surface area contributed by atoms with Crippen molar-refractivity contribution in [2.75, 3.05) is 0 Å². The number of halogens is 2. The van der Waals surface area contributed by atoms with Gasteiger partial charge in [-0.05, 0) is 24.6 Å². The molecule has 110 valence electrons. The van der Waals surface area contributed by atoms with Crippen molar-refractivity contribution in [3.8, 4) is 5.75 Å². The van der Waals surface area contributed by atoms with E-state index in [1.165, 1.54) is 12.1 Å². The molecule has 1 rings (SSSR count). The van der Waals surface area contributed by atoms with E-state index >= 15 is 0 Å². The smallest absolute Gasteiger partial charge is 0.380 e. The van der Waals surface area contributed by atoms with E-state index in [1.54, 1.807) is 19.1 Å². The van der Waals surface area contributed by atoms with Crippen LogP contribution in [0.1, 0.15) is 18.9 Å². The van der Waals surface area contributed by atoms with E-state index in [-0.39, 0.29) is 5.75 Å². The number of allylic oxidation sites excluding steroid dienone is 1. The van der Waals surface area contributed by atoms with E-state index in [2.05, 4.69) is 11.3 Å². The van der Waals surface area contributed by atoms with Crippen molar-refractivity contribution in [2.45, 2.75) is 18.6 Å². The maximum absolute atomic E-state index is 12.9. The summed E-state index contributed by atoms with van der Waals surface area (Å²) in [7, 11) is -5.65. The highest BCUT2D eigenvalue weighted by atomic mass is 32.2. The van der Waals surface area contributed by atoms with Crippen LogP contribution in [-0.2, 0) is 14.9 Å². The van der Waals surface area contributed by atoms with E-state index in [0.29, 0.717) is 0 Å². The lowest BCUT2D eigenvalue weighted by atomic mass is 10.1. The Balaban J connectivity index is 2.75. The first-order valence-electron chi connectivity index (χ1n) is 5.34. The topological polar surface area (TPSA) is 80.7 Å². The van der Waals surface area contributed by atoms with Crippen LogP contribution in [-0.4, -0.2) is 24.2 Å². The lowest BCUT2D eigenvalue weighted by molar-refractivity contribution is -0.138. The Labute approximate surface area is 114 Å². The van der Waals surface area contributed by atoms with Crippen molar-refractivity contribution in [2.24, 2.45) is 0 Å². The Bertz CT molecular complexity index is 620. The second-order valence-corrected chi connectivity index (χ2v) is 5.62. The van der Waals surface area contributed by atoms with Gasteiger partial charge in [0.05, 0.1) is 0 Å². The van der Waals surface area contributed by atoms with Gasteiger partial charge in [-0.1, -0.05) is 24.3 Å². The number of carbonyl (C=O) groups is 1. The number of carbonyl (C=O) groups excluding carboxylic acids is 1. The first-order valence-corrected chi connectivity index (χ1v) is 6.78. The number of ether oxygens (including phenoxy) is 1. The standard InChI is InChI=1S/C12H12F2O5S/c1-8(2)9-3-5-10(6-4-9)19-11(15)7-12(13,14)20(16,17)18/h3-6H,1,7H2,2H3,(H,16,17,18).